The summed E-state index contributed by atoms with van der Waals surface area (Å²) in [7, 11) is 0. The number of amides is 1. The first-order valence-electron chi connectivity index (χ1n) is 5.22. The van der Waals surface area contributed by atoms with Crippen molar-refractivity contribution in [2.45, 2.75) is 0 Å². The van der Waals surface area contributed by atoms with Crippen molar-refractivity contribution < 1.29 is 14.7 Å². The molecule has 0 aliphatic rings. The fraction of sp³-hybridized carbons (Fsp3) is 0. The van der Waals surface area contributed by atoms with Crippen molar-refractivity contribution in [2.75, 3.05) is 5.32 Å². The van der Waals surface area contributed by atoms with Gasteiger partial charge in [0.1, 0.15) is 10.7 Å². The fourth-order valence-corrected chi connectivity index (χ4v) is 1.81. The minimum atomic E-state index is -1.04. The van der Waals surface area contributed by atoms with E-state index in [1.807, 2.05) is 0 Å². The molecule has 6 nitrogen and oxygen atoms in total. The topological polar surface area (TPSA) is 92.2 Å². The Bertz CT molecular complexity index is 623. The van der Waals surface area contributed by atoms with Gasteiger partial charge in [0.25, 0.3) is 5.91 Å². The van der Waals surface area contributed by atoms with Gasteiger partial charge in [-0.05, 0) is 23.8 Å². The molecule has 0 aliphatic carbocycles. The van der Waals surface area contributed by atoms with Gasteiger partial charge in [-0.3, -0.25) is 9.78 Å². The Kier molecular flexibility index (Phi) is 3.99. The SMILES string of the molecule is O=C(O)/C=C/c1ccnc(NC(=O)c2cncs2)c1. The molecular formula is C12H9N3O3S. The summed E-state index contributed by atoms with van der Waals surface area (Å²) in [4.78, 5) is 30.5. The molecule has 0 saturated heterocycles. The van der Waals surface area contributed by atoms with Gasteiger partial charge in [-0.25, -0.2) is 9.78 Å². The third-order valence-electron chi connectivity index (χ3n) is 2.10. The molecule has 0 atom stereocenters. The molecular weight excluding hydrogens is 266 g/mol. The highest BCUT2D eigenvalue weighted by atomic mass is 32.1. The van der Waals surface area contributed by atoms with Crippen LogP contribution in [0.4, 0.5) is 5.82 Å². The molecule has 0 aliphatic heterocycles. The van der Waals surface area contributed by atoms with Crippen molar-refractivity contribution in [1.82, 2.24) is 9.97 Å². The summed E-state index contributed by atoms with van der Waals surface area (Å²) >= 11 is 1.23. The number of hydrogen-bond acceptors (Lipinski definition) is 5. The van der Waals surface area contributed by atoms with Crippen LogP contribution in [0.1, 0.15) is 15.2 Å². The fourth-order valence-electron chi connectivity index (χ4n) is 1.29. The van der Waals surface area contributed by atoms with Crippen LogP contribution in [-0.4, -0.2) is 27.0 Å². The van der Waals surface area contributed by atoms with Gasteiger partial charge >= 0.3 is 5.97 Å². The van der Waals surface area contributed by atoms with E-state index < -0.39 is 5.97 Å². The standard InChI is InChI=1S/C12H9N3O3S/c16-11(17)2-1-8-3-4-14-10(5-8)15-12(18)9-6-13-7-19-9/h1-7H,(H,16,17)(H,14,15,18)/b2-1+. The Morgan fingerprint density at radius 3 is 2.95 bits per heavy atom. The second-order valence-corrected chi connectivity index (χ2v) is 4.35. The first-order valence-corrected chi connectivity index (χ1v) is 6.10. The number of nitrogens with zero attached hydrogens (tertiary/aromatic N) is 2. The minimum Gasteiger partial charge on any atom is -0.478 e. The Hall–Kier alpha value is -2.54. The van der Waals surface area contributed by atoms with Crippen molar-refractivity contribution in [3.05, 3.63) is 46.6 Å². The second kappa shape index (κ2) is 5.87. The van der Waals surface area contributed by atoms with Gasteiger partial charge in [-0.2, -0.15) is 0 Å². The normalized spacial score (nSPS) is 10.5. The van der Waals surface area contributed by atoms with Gasteiger partial charge in [0.05, 0.1) is 11.7 Å². The van der Waals surface area contributed by atoms with Gasteiger partial charge in [-0.1, -0.05) is 0 Å². The number of carbonyl (C=O) groups is 2. The van der Waals surface area contributed by atoms with Crippen LogP contribution in [0.25, 0.3) is 6.08 Å². The van der Waals surface area contributed by atoms with E-state index >= 15 is 0 Å². The lowest BCUT2D eigenvalue weighted by atomic mass is 10.2. The molecule has 96 valence electrons. The number of aromatic nitrogens is 2. The molecule has 0 saturated carbocycles. The molecule has 1 amide bonds. The Labute approximate surface area is 112 Å². The zero-order valence-electron chi connectivity index (χ0n) is 9.61. The van der Waals surface area contributed by atoms with Crippen LogP contribution in [0, 0.1) is 0 Å². The maximum atomic E-state index is 11.8. The van der Waals surface area contributed by atoms with Gasteiger partial charge < -0.3 is 10.4 Å². The molecule has 0 fully saturated rings. The Morgan fingerprint density at radius 1 is 1.42 bits per heavy atom. The zero-order valence-corrected chi connectivity index (χ0v) is 10.4. The predicted octanol–water partition coefficient (Wildman–Crippen LogP) is 1.89. The van der Waals surface area contributed by atoms with Crippen LogP contribution in [0.2, 0.25) is 0 Å². The largest absolute Gasteiger partial charge is 0.478 e. The molecule has 0 spiro atoms. The van der Waals surface area contributed by atoms with E-state index in [1.165, 1.54) is 29.8 Å². The lowest BCUT2D eigenvalue weighted by Gasteiger charge is -2.02. The number of anilines is 1. The molecule has 2 N–H and O–H groups in total. The Balaban J connectivity index is 2.11. The van der Waals surface area contributed by atoms with Crippen LogP contribution in [-0.2, 0) is 4.79 Å². The highest BCUT2D eigenvalue weighted by Gasteiger charge is 2.08. The van der Waals surface area contributed by atoms with Crippen molar-refractivity contribution in [3.8, 4) is 0 Å². The third kappa shape index (κ3) is 3.71. The molecule has 0 radical (unpaired) electrons. The van der Waals surface area contributed by atoms with E-state index in [0.29, 0.717) is 16.3 Å². The number of nitrogens with one attached hydrogen (secondary N) is 1. The van der Waals surface area contributed by atoms with E-state index in [-0.39, 0.29) is 5.91 Å². The molecule has 0 aromatic carbocycles. The highest BCUT2D eigenvalue weighted by molar-refractivity contribution is 7.11. The van der Waals surface area contributed by atoms with E-state index in [4.69, 9.17) is 5.11 Å². The summed E-state index contributed by atoms with van der Waals surface area (Å²) in [6.45, 7) is 0. The first-order chi connectivity index (χ1) is 9.15. The van der Waals surface area contributed by atoms with Crippen LogP contribution in [0.15, 0.2) is 36.1 Å². The Morgan fingerprint density at radius 2 is 2.26 bits per heavy atom. The van der Waals surface area contributed by atoms with Crippen LogP contribution in [0.5, 0.6) is 0 Å². The van der Waals surface area contributed by atoms with Crippen LogP contribution >= 0.6 is 11.3 Å². The lowest BCUT2D eigenvalue weighted by Crippen LogP contribution is -2.11. The minimum absolute atomic E-state index is 0.297. The maximum Gasteiger partial charge on any atom is 0.328 e. The van der Waals surface area contributed by atoms with Crippen molar-refractivity contribution in [1.29, 1.82) is 0 Å². The molecule has 0 unspecified atom stereocenters. The molecule has 2 aromatic rings. The average Bonchev–Trinajstić information content (AvgIpc) is 2.91. The molecule has 7 heteroatoms. The molecule has 19 heavy (non-hydrogen) atoms. The third-order valence-corrected chi connectivity index (χ3v) is 2.87. The second-order valence-electron chi connectivity index (χ2n) is 3.47. The van der Waals surface area contributed by atoms with Crippen LogP contribution in [0.3, 0.4) is 0 Å². The lowest BCUT2D eigenvalue weighted by molar-refractivity contribution is -0.131. The molecule has 0 bridgehead atoms. The smallest absolute Gasteiger partial charge is 0.328 e. The maximum absolute atomic E-state index is 11.8. The number of aliphatic carboxylic acids is 1. The van der Waals surface area contributed by atoms with Gasteiger partial charge in [-0.15, -0.1) is 11.3 Å². The van der Waals surface area contributed by atoms with Gasteiger partial charge in [0, 0.05) is 12.3 Å². The number of pyridine rings is 1. The average molecular weight is 275 g/mol. The van der Waals surface area contributed by atoms with Gasteiger partial charge in [0.2, 0.25) is 0 Å². The number of carboxylic acids is 1. The van der Waals surface area contributed by atoms with Crippen molar-refractivity contribution in [2.24, 2.45) is 0 Å². The highest BCUT2D eigenvalue weighted by Crippen LogP contribution is 2.12. The summed E-state index contributed by atoms with van der Waals surface area (Å²) in [6, 6.07) is 3.22. The monoisotopic (exact) mass is 275 g/mol. The van der Waals surface area contributed by atoms with Crippen molar-refractivity contribution >= 4 is 35.1 Å². The van der Waals surface area contributed by atoms with Crippen LogP contribution < -0.4 is 5.32 Å². The molecule has 2 rings (SSSR count). The van der Waals surface area contributed by atoms with Gasteiger partial charge in [0.15, 0.2) is 0 Å². The van der Waals surface area contributed by atoms with E-state index in [0.717, 1.165) is 6.08 Å². The summed E-state index contributed by atoms with van der Waals surface area (Å²) < 4.78 is 0. The zero-order chi connectivity index (χ0) is 13.7. The predicted molar refractivity (Wildman–Crippen MR) is 71.0 cm³/mol. The number of carbonyl (C=O) groups excluding carboxylic acids is 1. The van der Waals surface area contributed by atoms with E-state index in [2.05, 4.69) is 15.3 Å². The summed E-state index contributed by atoms with van der Waals surface area (Å²) in [6.07, 6.45) is 5.40. The quantitative estimate of drug-likeness (QED) is 0.831. The summed E-state index contributed by atoms with van der Waals surface area (Å²) in [5.74, 6) is -0.979. The number of rotatable bonds is 4. The number of thiazole rings is 1. The first kappa shape index (κ1) is 12.9. The molecule has 2 heterocycles. The number of carboxylic acid groups (broad SMARTS) is 1. The van der Waals surface area contributed by atoms with E-state index in [1.54, 1.807) is 17.6 Å². The summed E-state index contributed by atoms with van der Waals surface area (Å²) in [5, 5.41) is 11.1. The van der Waals surface area contributed by atoms with Crippen molar-refractivity contribution in [3.63, 3.8) is 0 Å². The number of hydrogen-bond donors (Lipinski definition) is 2. The molecule has 2 aromatic heterocycles. The summed E-state index contributed by atoms with van der Waals surface area (Å²) in [5.41, 5.74) is 2.20. The van der Waals surface area contributed by atoms with E-state index in [9.17, 15) is 9.59 Å².